The quantitative estimate of drug-likeness (QED) is 0.699. The fraction of sp³-hybridized carbons (Fsp3) is 0.833. The van der Waals surface area contributed by atoms with Gasteiger partial charge < -0.3 is 14.9 Å². The average molecular weight is 340 g/mol. The van der Waals surface area contributed by atoms with Crippen LogP contribution in [0.1, 0.15) is 58.8 Å². The van der Waals surface area contributed by atoms with Crippen molar-refractivity contribution in [1.82, 2.24) is 9.80 Å². The Kier molecular flexibility index (Phi) is 8.79. The Morgan fingerprint density at radius 3 is 2.58 bits per heavy atom. The number of nitrogens with zero attached hydrogens (tertiary/aromatic N) is 2. The van der Waals surface area contributed by atoms with Crippen LogP contribution in [0.4, 0.5) is 0 Å². The predicted octanol–water partition coefficient (Wildman–Crippen LogP) is 2.37. The Labute approximate surface area is 145 Å². The molecule has 0 saturated carbocycles. The number of carboxylic acid groups (broad SMARTS) is 1. The molecule has 1 aliphatic heterocycles. The molecular formula is C18H32N2O4. The molecule has 0 radical (unpaired) electrons. The van der Waals surface area contributed by atoms with E-state index in [-0.39, 0.29) is 24.9 Å². The molecule has 0 spiro atoms. The van der Waals surface area contributed by atoms with E-state index in [1.807, 2.05) is 0 Å². The second-order valence-corrected chi connectivity index (χ2v) is 6.89. The van der Waals surface area contributed by atoms with Crippen LogP contribution in [0.25, 0.3) is 0 Å². The number of aliphatic carboxylic acids is 1. The summed E-state index contributed by atoms with van der Waals surface area (Å²) < 4.78 is 0. The highest BCUT2D eigenvalue weighted by molar-refractivity contribution is 5.85. The normalized spacial score (nSPS) is 19.0. The molecular weight excluding hydrogens is 308 g/mol. The van der Waals surface area contributed by atoms with Gasteiger partial charge in [0.2, 0.25) is 11.8 Å². The summed E-state index contributed by atoms with van der Waals surface area (Å²) in [6.07, 6.45) is 6.07. The number of likely N-dealkylation sites (N-methyl/N-ethyl adjacent to an activating group) is 1. The summed E-state index contributed by atoms with van der Waals surface area (Å²) in [5.74, 6) is -1.11. The number of amides is 2. The minimum absolute atomic E-state index is 0.00176. The Bertz CT molecular complexity index is 439. The van der Waals surface area contributed by atoms with Gasteiger partial charge in [0.25, 0.3) is 0 Å². The third-order valence-corrected chi connectivity index (χ3v) is 4.93. The summed E-state index contributed by atoms with van der Waals surface area (Å²) in [6.45, 7) is 5.11. The number of likely N-dealkylation sites (tertiary alicyclic amines) is 1. The number of hydrogen-bond donors (Lipinski definition) is 1. The molecule has 138 valence electrons. The highest BCUT2D eigenvalue weighted by Crippen LogP contribution is 2.19. The third-order valence-electron chi connectivity index (χ3n) is 4.93. The molecule has 1 rings (SSSR count). The maximum absolute atomic E-state index is 12.3. The van der Waals surface area contributed by atoms with E-state index < -0.39 is 11.9 Å². The van der Waals surface area contributed by atoms with Crippen LogP contribution in [-0.2, 0) is 14.4 Å². The summed E-state index contributed by atoms with van der Waals surface area (Å²) in [5, 5.41) is 9.10. The zero-order valence-electron chi connectivity index (χ0n) is 15.3. The molecule has 1 aliphatic rings. The zero-order chi connectivity index (χ0) is 18.1. The molecule has 0 bridgehead atoms. The molecule has 2 unspecified atom stereocenters. The van der Waals surface area contributed by atoms with E-state index in [0.717, 1.165) is 25.7 Å². The van der Waals surface area contributed by atoms with Crippen molar-refractivity contribution in [2.24, 2.45) is 11.8 Å². The van der Waals surface area contributed by atoms with E-state index in [9.17, 15) is 14.4 Å². The van der Waals surface area contributed by atoms with Crippen LogP contribution in [0.2, 0.25) is 0 Å². The lowest BCUT2D eigenvalue weighted by Crippen LogP contribution is -2.47. The van der Waals surface area contributed by atoms with Gasteiger partial charge in [0.05, 0.1) is 12.5 Å². The predicted molar refractivity (Wildman–Crippen MR) is 92.5 cm³/mol. The van der Waals surface area contributed by atoms with E-state index in [1.165, 1.54) is 4.90 Å². The van der Waals surface area contributed by atoms with Crippen LogP contribution in [0.15, 0.2) is 0 Å². The fourth-order valence-electron chi connectivity index (χ4n) is 3.14. The van der Waals surface area contributed by atoms with Gasteiger partial charge in [-0.15, -0.1) is 0 Å². The van der Waals surface area contributed by atoms with Gasteiger partial charge in [-0.2, -0.15) is 0 Å². The summed E-state index contributed by atoms with van der Waals surface area (Å²) in [7, 11) is 1.66. The smallest absolute Gasteiger partial charge is 0.308 e. The second kappa shape index (κ2) is 10.3. The van der Waals surface area contributed by atoms with Crippen molar-refractivity contribution in [3.05, 3.63) is 0 Å². The second-order valence-electron chi connectivity index (χ2n) is 6.89. The van der Waals surface area contributed by atoms with Gasteiger partial charge in [0, 0.05) is 26.6 Å². The lowest BCUT2D eigenvalue weighted by Gasteiger charge is -2.32. The summed E-state index contributed by atoms with van der Waals surface area (Å²) in [6, 6.07) is 0. The van der Waals surface area contributed by atoms with Crippen molar-refractivity contribution in [2.75, 3.05) is 26.7 Å². The molecule has 2 atom stereocenters. The first-order valence-electron chi connectivity index (χ1n) is 9.13. The summed E-state index contributed by atoms with van der Waals surface area (Å²) in [4.78, 5) is 38.8. The van der Waals surface area contributed by atoms with Crippen LogP contribution in [0.5, 0.6) is 0 Å². The molecule has 0 aromatic carbocycles. The third kappa shape index (κ3) is 6.49. The van der Waals surface area contributed by atoms with Crippen LogP contribution >= 0.6 is 0 Å². The topological polar surface area (TPSA) is 77.9 Å². The molecule has 6 nitrogen and oxygen atoms in total. The Morgan fingerprint density at radius 2 is 2.00 bits per heavy atom. The van der Waals surface area contributed by atoms with Gasteiger partial charge in [-0.25, -0.2) is 0 Å². The van der Waals surface area contributed by atoms with Gasteiger partial charge in [-0.3, -0.25) is 14.4 Å². The number of carbonyl (C=O) groups excluding carboxylic acids is 2. The highest BCUT2D eigenvalue weighted by atomic mass is 16.4. The van der Waals surface area contributed by atoms with Crippen LogP contribution in [0, 0.1) is 11.8 Å². The largest absolute Gasteiger partial charge is 0.481 e. The van der Waals surface area contributed by atoms with Crippen molar-refractivity contribution in [3.8, 4) is 0 Å². The zero-order valence-corrected chi connectivity index (χ0v) is 15.3. The van der Waals surface area contributed by atoms with Crippen LogP contribution < -0.4 is 0 Å². The molecule has 1 saturated heterocycles. The number of rotatable bonds is 9. The van der Waals surface area contributed by atoms with E-state index >= 15 is 0 Å². The van der Waals surface area contributed by atoms with E-state index in [4.69, 9.17) is 5.11 Å². The van der Waals surface area contributed by atoms with Crippen LogP contribution in [-0.4, -0.2) is 59.4 Å². The molecule has 0 aromatic rings. The molecule has 24 heavy (non-hydrogen) atoms. The lowest BCUT2D eigenvalue weighted by atomic mass is 9.95. The molecule has 1 fully saturated rings. The standard InChI is InChI=1S/C18H32N2O4/c1-4-6-8-14(5-2)11-16(21)19(3)13-17(22)20-10-7-9-15(12-20)18(23)24/h14-15H,4-13H2,1-3H3,(H,23,24). The van der Waals surface area contributed by atoms with Crippen molar-refractivity contribution in [3.63, 3.8) is 0 Å². The van der Waals surface area contributed by atoms with Gasteiger partial charge in [0.15, 0.2) is 0 Å². The first kappa shape index (κ1) is 20.5. The van der Waals surface area contributed by atoms with Gasteiger partial charge in [0.1, 0.15) is 0 Å². The van der Waals surface area contributed by atoms with E-state index in [1.54, 1.807) is 11.9 Å². The highest BCUT2D eigenvalue weighted by Gasteiger charge is 2.29. The van der Waals surface area contributed by atoms with E-state index in [2.05, 4.69) is 13.8 Å². The van der Waals surface area contributed by atoms with E-state index in [0.29, 0.717) is 31.7 Å². The molecule has 0 aliphatic carbocycles. The minimum Gasteiger partial charge on any atom is -0.481 e. The first-order valence-corrected chi connectivity index (χ1v) is 9.13. The Morgan fingerprint density at radius 1 is 1.29 bits per heavy atom. The minimum atomic E-state index is -0.848. The van der Waals surface area contributed by atoms with Crippen molar-refractivity contribution < 1.29 is 19.5 Å². The molecule has 6 heteroatoms. The van der Waals surface area contributed by atoms with Crippen molar-refractivity contribution in [2.45, 2.75) is 58.8 Å². The maximum Gasteiger partial charge on any atom is 0.308 e. The number of unbranched alkanes of at least 4 members (excludes halogenated alkanes) is 1. The number of carboxylic acids is 1. The fourth-order valence-corrected chi connectivity index (χ4v) is 3.14. The Balaban J connectivity index is 2.47. The number of carbonyl (C=O) groups is 3. The van der Waals surface area contributed by atoms with Gasteiger partial charge in [-0.05, 0) is 25.2 Å². The summed E-state index contributed by atoms with van der Waals surface area (Å²) in [5.41, 5.74) is 0. The average Bonchev–Trinajstić information content (AvgIpc) is 2.58. The first-order chi connectivity index (χ1) is 11.4. The SMILES string of the molecule is CCCCC(CC)CC(=O)N(C)CC(=O)N1CCCC(C(=O)O)C1. The molecule has 1 N–H and O–H groups in total. The van der Waals surface area contributed by atoms with Crippen molar-refractivity contribution >= 4 is 17.8 Å². The summed E-state index contributed by atoms with van der Waals surface area (Å²) >= 11 is 0. The molecule has 0 aromatic heterocycles. The van der Waals surface area contributed by atoms with Gasteiger partial charge >= 0.3 is 5.97 Å². The number of hydrogen-bond acceptors (Lipinski definition) is 3. The Hall–Kier alpha value is -1.59. The van der Waals surface area contributed by atoms with Crippen molar-refractivity contribution in [1.29, 1.82) is 0 Å². The lowest BCUT2D eigenvalue weighted by molar-refractivity contribution is -0.147. The number of piperidine rings is 1. The van der Waals surface area contributed by atoms with Crippen LogP contribution in [0.3, 0.4) is 0 Å². The maximum atomic E-state index is 12.3. The monoisotopic (exact) mass is 340 g/mol. The molecule has 2 amide bonds. The van der Waals surface area contributed by atoms with Gasteiger partial charge in [-0.1, -0.05) is 33.1 Å². The molecule has 1 heterocycles.